The van der Waals surface area contributed by atoms with E-state index in [0.29, 0.717) is 5.56 Å². The summed E-state index contributed by atoms with van der Waals surface area (Å²) < 4.78 is 5.26. The van der Waals surface area contributed by atoms with Crippen molar-refractivity contribution in [2.75, 3.05) is 20.7 Å². The molecule has 0 spiro atoms. The number of nitrogens with one attached hydrogen (secondary N) is 1. The Kier molecular flexibility index (Phi) is 7.06. The zero-order valence-corrected chi connectivity index (χ0v) is 17.1. The minimum Gasteiger partial charge on any atom is -0.497 e. The fourth-order valence-corrected chi connectivity index (χ4v) is 3.70. The number of rotatable bonds is 5. The Balaban J connectivity index is 1.75. The molecule has 5 nitrogen and oxygen atoms in total. The summed E-state index contributed by atoms with van der Waals surface area (Å²) in [5.41, 5.74) is 2.63. The summed E-state index contributed by atoms with van der Waals surface area (Å²) >= 11 is 0. The highest BCUT2D eigenvalue weighted by atomic mass is 16.5. The summed E-state index contributed by atoms with van der Waals surface area (Å²) in [4.78, 5) is 26.6. The van der Waals surface area contributed by atoms with Crippen molar-refractivity contribution in [1.29, 1.82) is 0 Å². The summed E-state index contributed by atoms with van der Waals surface area (Å²) in [5, 5.41) is 2.60. The highest BCUT2D eigenvalue weighted by Crippen LogP contribution is 2.31. The average Bonchev–Trinajstić information content (AvgIpc) is 3.03. The lowest BCUT2D eigenvalue weighted by Gasteiger charge is -2.29. The molecular formula is C24H28N2O3. The van der Waals surface area contributed by atoms with E-state index in [0.717, 1.165) is 49.1 Å². The molecule has 3 rings (SSSR count). The van der Waals surface area contributed by atoms with Crippen molar-refractivity contribution in [2.45, 2.75) is 31.7 Å². The van der Waals surface area contributed by atoms with Crippen molar-refractivity contribution in [1.82, 2.24) is 10.2 Å². The number of methoxy groups -OCH3 is 1. The molecule has 1 heterocycles. The van der Waals surface area contributed by atoms with Crippen molar-refractivity contribution in [3.8, 4) is 5.75 Å². The number of nitrogens with zero attached hydrogens (tertiary/aromatic N) is 1. The maximum atomic E-state index is 13.0. The monoisotopic (exact) mass is 392 g/mol. The fourth-order valence-electron chi connectivity index (χ4n) is 3.70. The van der Waals surface area contributed by atoms with Gasteiger partial charge in [0.2, 0.25) is 5.91 Å². The standard InChI is InChI=1S/C24H28N2O3/c1-25-24(28)20-10-7-18(8-11-20)9-16-23(27)26-17-5-3-4-6-22(26)19-12-14-21(29-2)15-13-19/h7-16,22H,3-6,17H2,1-2H3,(H,25,28)/b16-9+/t22-/m1/s1. The third-order valence-electron chi connectivity index (χ3n) is 5.35. The second-order valence-corrected chi connectivity index (χ2v) is 7.20. The number of hydrogen-bond acceptors (Lipinski definition) is 3. The van der Waals surface area contributed by atoms with Gasteiger partial charge in [-0.1, -0.05) is 37.1 Å². The van der Waals surface area contributed by atoms with Crippen molar-refractivity contribution in [3.05, 3.63) is 71.3 Å². The normalized spacial score (nSPS) is 17.0. The number of hydrogen-bond donors (Lipinski definition) is 1. The molecule has 0 aliphatic carbocycles. The number of ether oxygens (including phenoxy) is 1. The fraction of sp³-hybridized carbons (Fsp3) is 0.333. The van der Waals surface area contributed by atoms with Gasteiger partial charge in [0.05, 0.1) is 13.2 Å². The second-order valence-electron chi connectivity index (χ2n) is 7.20. The maximum absolute atomic E-state index is 13.0. The Bertz CT molecular complexity index is 857. The Morgan fingerprint density at radius 1 is 1.03 bits per heavy atom. The molecule has 2 aromatic rings. The quantitative estimate of drug-likeness (QED) is 0.776. The molecule has 1 N–H and O–H groups in total. The van der Waals surface area contributed by atoms with Crippen molar-refractivity contribution >= 4 is 17.9 Å². The third kappa shape index (κ3) is 5.25. The molecule has 1 aliphatic rings. The highest BCUT2D eigenvalue weighted by Gasteiger charge is 2.25. The van der Waals surface area contributed by atoms with Gasteiger partial charge in [0.1, 0.15) is 5.75 Å². The number of carbonyl (C=O) groups excluding carboxylic acids is 2. The largest absolute Gasteiger partial charge is 0.497 e. The SMILES string of the molecule is CNC(=O)c1ccc(/C=C/C(=O)N2CCCCC[C@@H]2c2ccc(OC)cc2)cc1. The predicted octanol–water partition coefficient (Wildman–Crippen LogP) is 4.21. The molecule has 1 atom stereocenters. The van der Waals surface area contributed by atoms with Gasteiger partial charge in [0.25, 0.3) is 5.91 Å². The van der Waals surface area contributed by atoms with E-state index >= 15 is 0 Å². The minimum absolute atomic E-state index is 0.0168. The molecule has 1 fully saturated rings. The zero-order valence-electron chi connectivity index (χ0n) is 17.1. The van der Waals surface area contributed by atoms with Gasteiger partial charge in [-0.25, -0.2) is 0 Å². The van der Waals surface area contributed by atoms with Crippen LogP contribution in [0.3, 0.4) is 0 Å². The number of carbonyl (C=O) groups is 2. The first-order valence-electron chi connectivity index (χ1n) is 10.1. The molecule has 152 valence electrons. The first kappa shape index (κ1) is 20.6. The van der Waals surface area contributed by atoms with Crippen LogP contribution in [0.25, 0.3) is 6.08 Å². The second kappa shape index (κ2) is 9.92. The summed E-state index contributed by atoms with van der Waals surface area (Å²) in [6.07, 6.45) is 7.69. The van der Waals surface area contributed by atoms with Crippen LogP contribution >= 0.6 is 0 Å². The van der Waals surface area contributed by atoms with Gasteiger partial charge in [0.15, 0.2) is 0 Å². The van der Waals surface area contributed by atoms with Gasteiger partial charge in [-0.05, 0) is 54.3 Å². The molecule has 0 radical (unpaired) electrons. The average molecular weight is 392 g/mol. The van der Waals surface area contributed by atoms with Crippen LogP contribution < -0.4 is 10.1 Å². The van der Waals surface area contributed by atoms with E-state index in [9.17, 15) is 9.59 Å². The lowest BCUT2D eigenvalue weighted by Crippen LogP contribution is -2.33. The van der Waals surface area contributed by atoms with Gasteiger partial charge in [-0.2, -0.15) is 0 Å². The smallest absolute Gasteiger partial charge is 0.251 e. The van der Waals surface area contributed by atoms with Crippen molar-refractivity contribution < 1.29 is 14.3 Å². The summed E-state index contributed by atoms with van der Waals surface area (Å²) in [6.45, 7) is 0.759. The lowest BCUT2D eigenvalue weighted by molar-refractivity contribution is -0.128. The minimum atomic E-state index is -0.122. The zero-order chi connectivity index (χ0) is 20.6. The Morgan fingerprint density at radius 3 is 2.41 bits per heavy atom. The van der Waals surface area contributed by atoms with Crippen LogP contribution in [0.2, 0.25) is 0 Å². The molecule has 1 saturated heterocycles. The number of likely N-dealkylation sites (tertiary alicyclic amines) is 1. The van der Waals surface area contributed by atoms with Gasteiger partial charge in [0, 0.05) is 25.2 Å². The molecule has 0 bridgehead atoms. The van der Waals surface area contributed by atoms with Crippen LogP contribution in [-0.2, 0) is 4.79 Å². The number of amides is 2. The Hall–Kier alpha value is -3.08. The van der Waals surface area contributed by atoms with E-state index < -0.39 is 0 Å². The van der Waals surface area contributed by atoms with Gasteiger partial charge >= 0.3 is 0 Å². The highest BCUT2D eigenvalue weighted by molar-refractivity contribution is 5.95. The van der Waals surface area contributed by atoms with Crippen LogP contribution in [0.4, 0.5) is 0 Å². The predicted molar refractivity (Wildman–Crippen MR) is 115 cm³/mol. The lowest BCUT2D eigenvalue weighted by atomic mass is 10.0. The van der Waals surface area contributed by atoms with E-state index in [-0.39, 0.29) is 17.9 Å². The van der Waals surface area contributed by atoms with Crippen LogP contribution in [0.1, 0.15) is 53.2 Å². The van der Waals surface area contributed by atoms with E-state index in [1.165, 1.54) is 0 Å². The Morgan fingerprint density at radius 2 is 1.76 bits per heavy atom. The van der Waals surface area contributed by atoms with Crippen molar-refractivity contribution in [2.24, 2.45) is 0 Å². The van der Waals surface area contributed by atoms with E-state index in [1.54, 1.807) is 32.4 Å². The van der Waals surface area contributed by atoms with Gasteiger partial charge in [-0.3, -0.25) is 9.59 Å². The summed E-state index contributed by atoms with van der Waals surface area (Å²) in [6, 6.07) is 15.3. The maximum Gasteiger partial charge on any atom is 0.251 e. The van der Waals surface area contributed by atoms with Crippen molar-refractivity contribution in [3.63, 3.8) is 0 Å². The van der Waals surface area contributed by atoms with Gasteiger partial charge in [-0.15, -0.1) is 0 Å². The molecule has 2 aromatic carbocycles. The third-order valence-corrected chi connectivity index (χ3v) is 5.35. The molecule has 1 aliphatic heterocycles. The topological polar surface area (TPSA) is 58.6 Å². The molecule has 5 heteroatoms. The van der Waals surface area contributed by atoms with Crippen LogP contribution in [0, 0.1) is 0 Å². The molecular weight excluding hydrogens is 364 g/mol. The first-order chi connectivity index (χ1) is 14.1. The first-order valence-corrected chi connectivity index (χ1v) is 10.1. The van der Waals surface area contributed by atoms with E-state index in [1.807, 2.05) is 35.2 Å². The summed E-state index contributed by atoms with van der Waals surface area (Å²) in [5.74, 6) is 0.715. The Labute approximate surface area is 172 Å². The molecule has 2 amide bonds. The van der Waals surface area contributed by atoms with Gasteiger partial charge < -0.3 is 15.0 Å². The van der Waals surface area contributed by atoms with E-state index in [2.05, 4.69) is 17.4 Å². The van der Waals surface area contributed by atoms with Crippen LogP contribution in [0.15, 0.2) is 54.6 Å². The molecule has 0 unspecified atom stereocenters. The molecule has 0 saturated carbocycles. The summed E-state index contributed by atoms with van der Waals surface area (Å²) in [7, 11) is 3.26. The van der Waals surface area contributed by atoms with E-state index in [4.69, 9.17) is 4.74 Å². The van der Waals surface area contributed by atoms with Crippen LogP contribution in [-0.4, -0.2) is 37.4 Å². The molecule has 29 heavy (non-hydrogen) atoms. The van der Waals surface area contributed by atoms with Crippen LogP contribution in [0.5, 0.6) is 5.75 Å². The molecule has 0 aromatic heterocycles. The number of benzene rings is 2.